The lowest BCUT2D eigenvalue weighted by Gasteiger charge is -2.03. The van der Waals surface area contributed by atoms with Crippen molar-refractivity contribution in [2.24, 2.45) is 0 Å². The lowest BCUT2D eigenvalue weighted by molar-refractivity contribution is 0.104. The molecule has 3 nitrogen and oxygen atoms in total. The van der Waals surface area contributed by atoms with Crippen molar-refractivity contribution >= 4 is 11.9 Å². The Bertz CT molecular complexity index is 729. The van der Waals surface area contributed by atoms with Gasteiger partial charge in [0.2, 0.25) is 6.79 Å². The molecule has 0 fully saturated rings. The van der Waals surface area contributed by atoms with Gasteiger partial charge in [0, 0.05) is 5.56 Å². The monoisotopic (exact) mass is 280 g/mol. The molecule has 0 bridgehead atoms. The molecule has 0 unspecified atom stereocenters. The van der Waals surface area contributed by atoms with Gasteiger partial charge in [0.1, 0.15) is 0 Å². The van der Waals surface area contributed by atoms with Crippen molar-refractivity contribution in [3.05, 3.63) is 64.7 Å². The van der Waals surface area contributed by atoms with Crippen LogP contribution in [0.2, 0.25) is 0 Å². The van der Waals surface area contributed by atoms with E-state index in [2.05, 4.69) is 0 Å². The fourth-order valence-corrected chi connectivity index (χ4v) is 2.37. The number of aryl methyl sites for hydroxylation is 2. The first-order valence-electron chi connectivity index (χ1n) is 6.83. The van der Waals surface area contributed by atoms with Crippen LogP contribution in [0.3, 0.4) is 0 Å². The smallest absolute Gasteiger partial charge is 0.231 e. The van der Waals surface area contributed by atoms with Gasteiger partial charge in [0.15, 0.2) is 17.3 Å². The fourth-order valence-electron chi connectivity index (χ4n) is 2.37. The van der Waals surface area contributed by atoms with Crippen LogP contribution in [0.1, 0.15) is 27.0 Å². The zero-order chi connectivity index (χ0) is 14.8. The summed E-state index contributed by atoms with van der Waals surface area (Å²) in [7, 11) is 0. The minimum atomic E-state index is 0.00478. The molecule has 0 saturated carbocycles. The average Bonchev–Trinajstić information content (AvgIpc) is 2.92. The van der Waals surface area contributed by atoms with E-state index in [9.17, 15) is 4.79 Å². The number of hydrogen-bond acceptors (Lipinski definition) is 3. The molecule has 1 aliphatic rings. The normalized spacial score (nSPS) is 12.9. The van der Waals surface area contributed by atoms with E-state index in [1.165, 1.54) is 0 Å². The van der Waals surface area contributed by atoms with E-state index >= 15 is 0 Å². The van der Waals surface area contributed by atoms with Crippen LogP contribution in [0, 0.1) is 13.8 Å². The van der Waals surface area contributed by atoms with Crippen molar-refractivity contribution in [3.8, 4) is 11.5 Å². The molecule has 3 rings (SSSR count). The third-order valence-corrected chi connectivity index (χ3v) is 3.47. The Morgan fingerprint density at radius 3 is 2.67 bits per heavy atom. The number of ketones is 1. The van der Waals surface area contributed by atoms with Crippen LogP contribution in [0.25, 0.3) is 6.08 Å². The number of allylic oxidation sites excluding steroid dienone is 1. The molecule has 0 amide bonds. The number of fused-ring (bicyclic) bond motifs is 1. The van der Waals surface area contributed by atoms with E-state index in [0.717, 1.165) is 33.8 Å². The maximum Gasteiger partial charge on any atom is 0.231 e. The van der Waals surface area contributed by atoms with Crippen LogP contribution in [-0.2, 0) is 0 Å². The SMILES string of the molecule is Cc1ccc(C(=O)/C=C\c2ccc3c(c2)OCO3)c(C)c1. The maximum atomic E-state index is 12.2. The van der Waals surface area contributed by atoms with Crippen molar-refractivity contribution in [1.82, 2.24) is 0 Å². The van der Waals surface area contributed by atoms with Crippen LogP contribution in [0.5, 0.6) is 11.5 Å². The minimum absolute atomic E-state index is 0.00478. The maximum absolute atomic E-state index is 12.2. The second kappa shape index (κ2) is 5.44. The Kier molecular flexibility index (Phi) is 3.48. The van der Waals surface area contributed by atoms with Crippen molar-refractivity contribution < 1.29 is 14.3 Å². The molecule has 1 aliphatic heterocycles. The Morgan fingerprint density at radius 2 is 1.86 bits per heavy atom. The van der Waals surface area contributed by atoms with Crippen LogP contribution in [0.15, 0.2) is 42.5 Å². The summed E-state index contributed by atoms with van der Waals surface area (Å²) in [5.41, 5.74) is 3.80. The van der Waals surface area contributed by atoms with Crippen molar-refractivity contribution in [2.45, 2.75) is 13.8 Å². The molecule has 0 radical (unpaired) electrons. The number of hydrogen-bond donors (Lipinski definition) is 0. The molecule has 0 aliphatic carbocycles. The Hall–Kier alpha value is -2.55. The summed E-state index contributed by atoms with van der Waals surface area (Å²) in [5.74, 6) is 1.47. The Balaban J connectivity index is 1.80. The molecule has 3 heteroatoms. The van der Waals surface area contributed by atoms with Gasteiger partial charge in [-0.3, -0.25) is 4.79 Å². The average molecular weight is 280 g/mol. The van der Waals surface area contributed by atoms with E-state index in [-0.39, 0.29) is 12.6 Å². The summed E-state index contributed by atoms with van der Waals surface area (Å²) in [5, 5.41) is 0. The van der Waals surface area contributed by atoms with E-state index in [1.807, 2.05) is 50.2 Å². The highest BCUT2D eigenvalue weighted by atomic mass is 16.7. The molecule has 0 aromatic heterocycles. The van der Waals surface area contributed by atoms with Crippen molar-refractivity contribution in [3.63, 3.8) is 0 Å². The molecule has 21 heavy (non-hydrogen) atoms. The molecule has 0 spiro atoms. The summed E-state index contributed by atoms with van der Waals surface area (Å²) in [6.45, 7) is 4.22. The first-order chi connectivity index (χ1) is 10.1. The summed E-state index contributed by atoms with van der Waals surface area (Å²) >= 11 is 0. The minimum Gasteiger partial charge on any atom is -0.454 e. The first kappa shape index (κ1) is 13.4. The highest BCUT2D eigenvalue weighted by Crippen LogP contribution is 2.32. The van der Waals surface area contributed by atoms with E-state index in [1.54, 1.807) is 12.2 Å². The van der Waals surface area contributed by atoms with Gasteiger partial charge in [-0.25, -0.2) is 0 Å². The third-order valence-electron chi connectivity index (χ3n) is 3.47. The van der Waals surface area contributed by atoms with Gasteiger partial charge in [0.05, 0.1) is 0 Å². The molecular formula is C18H16O3. The van der Waals surface area contributed by atoms with Crippen molar-refractivity contribution in [2.75, 3.05) is 6.79 Å². The van der Waals surface area contributed by atoms with Crippen molar-refractivity contribution in [1.29, 1.82) is 0 Å². The summed E-state index contributed by atoms with van der Waals surface area (Å²) in [6.07, 6.45) is 3.39. The number of ether oxygens (including phenoxy) is 2. The molecule has 106 valence electrons. The second-order valence-electron chi connectivity index (χ2n) is 5.13. The Labute approximate surface area is 123 Å². The molecule has 0 atom stereocenters. The largest absolute Gasteiger partial charge is 0.454 e. The van der Waals surface area contributed by atoms with Gasteiger partial charge in [-0.05, 0) is 43.2 Å². The van der Waals surface area contributed by atoms with E-state index < -0.39 is 0 Å². The standard InChI is InChI=1S/C18H16O3/c1-12-3-6-15(13(2)9-12)16(19)7-4-14-5-8-17-18(10-14)21-11-20-17/h3-10H,11H2,1-2H3/b7-4-. The van der Waals surface area contributed by atoms with Gasteiger partial charge < -0.3 is 9.47 Å². The second-order valence-corrected chi connectivity index (χ2v) is 5.13. The van der Waals surface area contributed by atoms with E-state index in [0.29, 0.717) is 0 Å². The Morgan fingerprint density at radius 1 is 1.05 bits per heavy atom. The molecular weight excluding hydrogens is 264 g/mol. The third kappa shape index (κ3) is 2.82. The molecule has 2 aromatic carbocycles. The molecule has 2 aromatic rings. The zero-order valence-corrected chi connectivity index (χ0v) is 12.1. The highest BCUT2D eigenvalue weighted by molar-refractivity contribution is 6.07. The van der Waals surface area contributed by atoms with Crippen LogP contribution >= 0.6 is 0 Å². The number of carbonyl (C=O) groups is 1. The topological polar surface area (TPSA) is 35.5 Å². The highest BCUT2D eigenvalue weighted by Gasteiger charge is 2.12. The number of rotatable bonds is 3. The molecule has 1 heterocycles. The predicted molar refractivity (Wildman–Crippen MR) is 81.8 cm³/mol. The lowest BCUT2D eigenvalue weighted by Crippen LogP contribution is -1.98. The van der Waals surface area contributed by atoms with Gasteiger partial charge in [-0.1, -0.05) is 35.9 Å². The van der Waals surface area contributed by atoms with Gasteiger partial charge in [0.25, 0.3) is 0 Å². The molecule has 0 N–H and O–H groups in total. The fraction of sp³-hybridized carbons (Fsp3) is 0.167. The van der Waals surface area contributed by atoms with Crippen LogP contribution in [-0.4, -0.2) is 12.6 Å². The van der Waals surface area contributed by atoms with Crippen LogP contribution < -0.4 is 9.47 Å². The zero-order valence-electron chi connectivity index (χ0n) is 12.1. The number of benzene rings is 2. The van der Waals surface area contributed by atoms with Crippen LogP contribution in [0.4, 0.5) is 0 Å². The molecule has 0 saturated heterocycles. The van der Waals surface area contributed by atoms with Gasteiger partial charge in [-0.2, -0.15) is 0 Å². The summed E-state index contributed by atoms with van der Waals surface area (Å²) in [4.78, 5) is 12.2. The predicted octanol–water partition coefficient (Wildman–Crippen LogP) is 3.93. The van der Waals surface area contributed by atoms with E-state index in [4.69, 9.17) is 9.47 Å². The quantitative estimate of drug-likeness (QED) is 0.631. The number of carbonyl (C=O) groups excluding carboxylic acids is 1. The summed E-state index contributed by atoms with van der Waals surface area (Å²) < 4.78 is 10.6. The lowest BCUT2D eigenvalue weighted by atomic mass is 10.0. The summed E-state index contributed by atoms with van der Waals surface area (Å²) in [6, 6.07) is 11.5. The van der Waals surface area contributed by atoms with Gasteiger partial charge in [-0.15, -0.1) is 0 Å². The first-order valence-corrected chi connectivity index (χ1v) is 6.83. The van der Waals surface area contributed by atoms with Gasteiger partial charge >= 0.3 is 0 Å².